The van der Waals surface area contributed by atoms with E-state index in [0.717, 1.165) is 0 Å². The zero-order valence-electron chi connectivity index (χ0n) is 10.8. The molecule has 0 spiro atoms. The van der Waals surface area contributed by atoms with Gasteiger partial charge in [-0.15, -0.1) is 0 Å². The van der Waals surface area contributed by atoms with Crippen molar-refractivity contribution in [1.29, 1.82) is 0 Å². The Morgan fingerprint density at radius 1 is 1.41 bits per heavy atom. The fraction of sp³-hybridized carbons (Fsp3) is 0.833. The molecule has 1 heterocycles. The lowest BCUT2D eigenvalue weighted by Crippen LogP contribution is -2.50. The largest absolute Gasteiger partial charge is 0.481 e. The number of urea groups is 1. The minimum absolute atomic E-state index is 0.142. The number of nitrogens with one attached hydrogen (secondary N) is 1. The Bertz CT molecular complexity index is 291. The monoisotopic (exact) mass is 242 g/mol. The maximum Gasteiger partial charge on any atom is 0.317 e. The van der Waals surface area contributed by atoms with E-state index < -0.39 is 11.9 Å². The van der Waals surface area contributed by atoms with Gasteiger partial charge >= 0.3 is 12.0 Å². The summed E-state index contributed by atoms with van der Waals surface area (Å²) in [6.45, 7) is 7.63. The molecule has 98 valence electrons. The van der Waals surface area contributed by atoms with E-state index in [1.54, 1.807) is 4.90 Å². The second kappa shape index (κ2) is 5.89. The number of carboxylic acids is 1. The number of nitrogens with zero attached hydrogens (tertiary/aromatic N) is 1. The maximum atomic E-state index is 11.8. The lowest BCUT2D eigenvalue weighted by molar-refractivity contribution is -0.143. The summed E-state index contributed by atoms with van der Waals surface area (Å²) in [5.74, 6) is -0.590. The fourth-order valence-corrected chi connectivity index (χ4v) is 2.10. The summed E-state index contributed by atoms with van der Waals surface area (Å²) in [4.78, 5) is 24.4. The molecule has 0 aliphatic carbocycles. The number of carbonyl (C=O) groups excluding carboxylic acids is 1. The van der Waals surface area contributed by atoms with Crippen molar-refractivity contribution in [3.8, 4) is 0 Å². The Morgan fingerprint density at radius 2 is 2.06 bits per heavy atom. The first-order valence-electron chi connectivity index (χ1n) is 6.15. The first kappa shape index (κ1) is 13.8. The first-order chi connectivity index (χ1) is 7.90. The van der Waals surface area contributed by atoms with Gasteiger partial charge in [-0.3, -0.25) is 4.79 Å². The van der Waals surface area contributed by atoms with Crippen molar-refractivity contribution in [2.75, 3.05) is 19.6 Å². The topological polar surface area (TPSA) is 69.6 Å². The van der Waals surface area contributed by atoms with Gasteiger partial charge in [0.05, 0.1) is 5.92 Å². The van der Waals surface area contributed by atoms with Gasteiger partial charge in [0, 0.05) is 19.6 Å². The number of likely N-dealkylation sites (tertiary alicyclic amines) is 1. The normalized spacial score (nSPS) is 24.8. The van der Waals surface area contributed by atoms with Gasteiger partial charge in [0.1, 0.15) is 0 Å². The lowest BCUT2D eigenvalue weighted by Gasteiger charge is -2.34. The number of hydrogen-bond acceptors (Lipinski definition) is 2. The minimum Gasteiger partial charge on any atom is -0.481 e. The van der Waals surface area contributed by atoms with Crippen LogP contribution in [0.1, 0.15) is 27.2 Å². The van der Waals surface area contributed by atoms with Gasteiger partial charge in [-0.1, -0.05) is 20.8 Å². The van der Waals surface area contributed by atoms with Crippen molar-refractivity contribution >= 4 is 12.0 Å². The van der Waals surface area contributed by atoms with Gasteiger partial charge in [0.25, 0.3) is 0 Å². The molecule has 5 heteroatoms. The first-order valence-corrected chi connectivity index (χ1v) is 6.15. The van der Waals surface area contributed by atoms with Crippen molar-refractivity contribution < 1.29 is 14.7 Å². The third-order valence-corrected chi connectivity index (χ3v) is 2.96. The van der Waals surface area contributed by atoms with E-state index in [2.05, 4.69) is 5.32 Å². The van der Waals surface area contributed by atoms with E-state index in [0.29, 0.717) is 32.0 Å². The molecule has 0 aromatic rings. The van der Waals surface area contributed by atoms with E-state index in [1.807, 2.05) is 20.8 Å². The Morgan fingerprint density at radius 3 is 2.59 bits per heavy atom. The van der Waals surface area contributed by atoms with Crippen LogP contribution in [0.15, 0.2) is 0 Å². The molecule has 0 aromatic carbocycles. The summed E-state index contributed by atoms with van der Waals surface area (Å²) in [6, 6.07) is -0.142. The molecule has 2 unspecified atom stereocenters. The van der Waals surface area contributed by atoms with Gasteiger partial charge < -0.3 is 15.3 Å². The van der Waals surface area contributed by atoms with E-state index in [1.165, 1.54) is 0 Å². The zero-order chi connectivity index (χ0) is 13.0. The van der Waals surface area contributed by atoms with Gasteiger partial charge in [0.2, 0.25) is 0 Å². The number of piperidine rings is 1. The smallest absolute Gasteiger partial charge is 0.317 e. The highest BCUT2D eigenvalue weighted by Crippen LogP contribution is 2.21. The van der Waals surface area contributed by atoms with Crippen molar-refractivity contribution in [1.82, 2.24) is 10.2 Å². The number of carboxylic acid groups (broad SMARTS) is 1. The van der Waals surface area contributed by atoms with E-state index in [-0.39, 0.29) is 11.9 Å². The average Bonchev–Trinajstić information content (AvgIpc) is 2.24. The molecule has 0 saturated carbocycles. The number of aliphatic carboxylic acids is 1. The Labute approximate surface area is 102 Å². The van der Waals surface area contributed by atoms with Crippen LogP contribution in [0, 0.1) is 17.8 Å². The van der Waals surface area contributed by atoms with Crippen LogP contribution in [0.2, 0.25) is 0 Å². The van der Waals surface area contributed by atoms with Crippen LogP contribution < -0.4 is 5.32 Å². The molecule has 1 aliphatic rings. The van der Waals surface area contributed by atoms with Crippen LogP contribution in [-0.4, -0.2) is 41.6 Å². The Hall–Kier alpha value is -1.26. The number of amides is 2. The number of rotatable bonds is 3. The van der Waals surface area contributed by atoms with Crippen LogP contribution in [-0.2, 0) is 4.79 Å². The molecule has 5 nitrogen and oxygen atoms in total. The van der Waals surface area contributed by atoms with Crippen LogP contribution in [0.3, 0.4) is 0 Å². The van der Waals surface area contributed by atoms with Crippen LogP contribution in [0.25, 0.3) is 0 Å². The molecule has 0 bridgehead atoms. The van der Waals surface area contributed by atoms with Crippen molar-refractivity contribution in [2.24, 2.45) is 17.8 Å². The molecule has 2 amide bonds. The highest BCUT2D eigenvalue weighted by atomic mass is 16.4. The SMILES string of the molecule is CC(C)CNC(=O)N1CC(C)CC(C(=O)O)C1. The molecule has 1 rings (SSSR count). The minimum atomic E-state index is -0.807. The summed E-state index contributed by atoms with van der Waals surface area (Å²) in [7, 11) is 0. The Kier molecular flexibility index (Phi) is 4.78. The molecule has 2 N–H and O–H groups in total. The third-order valence-electron chi connectivity index (χ3n) is 2.96. The highest BCUT2D eigenvalue weighted by molar-refractivity contribution is 5.76. The molecule has 0 radical (unpaired) electrons. The molecule has 2 atom stereocenters. The Balaban J connectivity index is 2.52. The zero-order valence-corrected chi connectivity index (χ0v) is 10.8. The predicted molar refractivity (Wildman–Crippen MR) is 64.7 cm³/mol. The maximum absolute atomic E-state index is 11.8. The molecular weight excluding hydrogens is 220 g/mol. The molecule has 1 fully saturated rings. The molecule has 1 aliphatic heterocycles. The molecule has 1 saturated heterocycles. The second-order valence-electron chi connectivity index (χ2n) is 5.36. The summed E-state index contributed by atoms with van der Waals surface area (Å²) in [5, 5.41) is 11.8. The average molecular weight is 242 g/mol. The summed E-state index contributed by atoms with van der Waals surface area (Å²) < 4.78 is 0. The van der Waals surface area contributed by atoms with Crippen LogP contribution in [0.5, 0.6) is 0 Å². The standard InChI is InChI=1S/C12H22N2O3/c1-8(2)5-13-12(17)14-6-9(3)4-10(7-14)11(15)16/h8-10H,4-7H2,1-3H3,(H,13,17)(H,15,16). The fourth-order valence-electron chi connectivity index (χ4n) is 2.10. The van der Waals surface area contributed by atoms with Crippen LogP contribution >= 0.6 is 0 Å². The van der Waals surface area contributed by atoms with Crippen molar-refractivity contribution in [3.63, 3.8) is 0 Å². The second-order valence-corrected chi connectivity index (χ2v) is 5.36. The third kappa shape index (κ3) is 4.24. The van der Waals surface area contributed by atoms with Crippen molar-refractivity contribution in [2.45, 2.75) is 27.2 Å². The lowest BCUT2D eigenvalue weighted by atomic mass is 9.91. The van der Waals surface area contributed by atoms with Gasteiger partial charge in [-0.25, -0.2) is 4.79 Å². The summed E-state index contributed by atoms with van der Waals surface area (Å²) >= 11 is 0. The van der Waals surface area contributed by atoms with Gasteiger partial charge in [-0.2, -0.15) is 0 Å². The predicted octanol–water partition coefficient (Wildman–Crippen LogP) is 1.39. The van der Waals surface area contributed by atoms with E-state index >= 15 is 0 Å². The quantitative estimate of drug-likeness (QED) is 0.785. The van der Waals surface area contributed by atoms with Crippen LogP contribution in [0.4, 0.5) is 4.79 Å². The van der Waals surface area contributed by atoms with Crippen molar-refractivity contribution in [3.05, 3.63) is 0 Å². The highest BCUT2D eigenvalue weighted by Gasteiger charge is 2.31. The van der Waals surface area contributed by atoms with Gasteiger partial charge in [0.15, 0.2) is 0 Å². The molecular formula is C12H22N2O3. The van der Waals surface area contributed by atoms with E-state index in [4.69, 9.17) is 5.11 Å². The summed E-state index contributed by atoms with van der Waals surface area (Å²) in [6.07, 6.45) is 0.656. The molecule has 17 heavy (non-hydrogen) atoms. The number of hydrogen-bond donors (Lipinski definition) is 2. The number of carbonyl (C=O) groups is 2. The van der Waals surface area contributed by atoms with E-state index in [9.17, 15) is 9.59 Å². The summed E-state index contributed by atoms with van der Waals surface area (Å²) in [5.41, 5.74) is 0. The van der Waals surface area contributed by atoms with Gasteiger partial charge in [-0.05, 0) is 18.3 Å². The molecule has 0 aromatic heterocycles.